The van der Waals surface area contributed by atoms with E-state index in [-0.39, 0.29) is 23.5 Å². The lowest BCUT2D eigenvalue weighted by atomic mass is 10.1. The van der Waals surface area contributed by atoms with E-state index >= 15 is 0 Å². The molecule has 1 amide bonds. The van der Waals surface area contributed by atoms with Crippen LogP contribution in [0.3, 0.4) is 0 Å². The fourth-order valence-corrected chi connectivity index (χ4v) is 2.87. The van der Waals surface area contributed by atoms with E-state index in [0.717, 1.165) is 5.56 Å². The number of non-ortho nitro benzene ring substituents is 1. The first-order valence-corrected chi connectivity index (χ1v) is 8.97. The Morgan fingerprint density at radius 1 is 1.12 bits per heavy atom. The van der Waals surface area contributed by atoms with Crippen molar-refractivity contribution in [2.24, 2.45) is 0 Å². The van der Waals surface area contributed by atoms with Crippen LogP contribution in [-0.4, -0.2) is 26.3 Å². The number of sulfonamides is 1. The van der Waals surface area contributed by atoms with Crippen molar-refractivity contribution in [1.82, 2.24) is 10.0 Å². The predicted octanol–water partition coefficient (Wildman–Crippen LogP) is 1.57. The number of amides is 1. The van der Waals surface area contributed by atoms with Crippen LogP contribution in [0.5, 0.6) is 0 Å². The second-order valence-corrected chi connectivity index (χ2v) is 7.20. The first-order chi connectivity index (χ1) is 11.8. The van der Waals surface area contributed by atoms with Crippen LogP contribution >= 0.6 is 0 Å². The highest BCUT2D eigenvalue weighted by atomic mass is 32.2. The summed E-state index contributed by atoms with van der Waals surface area (Å²) in [6.07, 6.45) is 0. The molecule has 0 heterocycles. The van der Waals surface area contributed by atoms with Crippen molar-refractivity contribution in [1.29, 1.82) is 0 Å². The third kappa shape index (κ3) is 5.37. The highest BCUT2D eigenvalue weighted by Gasteiger charge is 2.11. The summed E-state index contributed by atoms with van der Waals surface area (Å²) in [5.41, 5.74) is 1.46. The quantitative estimate of drug-likeness (QED) is 0.572. The molecule has 2 rings (SSSR count). The predicted molar refractivity (Wildman–Crippen MR) is 92.4 cm³/mol. The number of hydrogen-bond acceptors (Lipinski definition) is 5. The minimum atomic E-state index is -3.33. The number of carbonyl (C=O) groups excluding carboxylic acids is 1. The normalized spacial score (nSPS) is 11.1. The van der Waals surface area contributed by atoms with E-state index in [9.17, 15) is 23.3 Å². The molecule has 132 valence electrons. The van der Waals surface area contributed by atoms with Gasteiger partial charge in [0.05, 0.1) is 10.7 Å². The lowest BCUT2D eigenvalue weighted by Crippen LogP contribution is -2.23. The third-order valence-corrected chi connectivity index (χ3v) is 4.80. The van der Waals surface area contributed by atoms with Crippen LogP contribution in [0.4, 0.5) is 5.69 Å². The maximum absolute atomic E-state index is 12.1. The molecule has 0 radical (unpaired) electrons. The van der Waals surface area contributed by atoms with Crippen LogP contribution in [0.25, 0.3) is 0 Å². The van der Waals surface area contributed by atoms with Gasteiger partial charge in [0.25, 0.3) is 11.6 Å². The van der Waals surface area contributed by atoms with Gasteiger partial charge in [0.1, 0.15) is 0 Å². The standard InChI is InChI=1S/C16H17N3O5S/c1-17-25(23,24)11-13-7-5-12(6-8-13)10-18-16(20)14-3-2-4-15(9-14)19(21)22/h2-9,17H,10-11H2,1H3,(H,18,20). The molecule has 25 heavy (non-hydrogen) atoms. The van der Waals surface area contributed by atoms with Gasteiger partial charge in [0, 0.05) is 24.2 Å². The Bertz CT molecular complexity index is 879. The fraction of sp³-hybridized carbons (Fsp3) is 0.188. The van der Waals surface area contributed by atoms with Gasteiger partial charge in [-0.3, -0.25) is 14.9 Å². The molecule has 0 saturated heterocycles. The number of hydrogen-bond donors (Lipinski definition) is 2. The van der Waals surface area contributed by atoms with Gasteiger partial charge in [-0.15, -0.1) is 0 Å². The van der Waals surface area contributed by atoms with E-state index in [1.165, 1.54) is 31.3 Å². The molecule has 2 aromatic rings. The van der Waals surface area contributed by atoms with E-state index in [4.69, 9.17) is 0 Å². The monoisotopic (exact) mass is 363 g/mol. The van der Waals surface area contributed by atoms with Crippen LogP contribution < -0.4 is 10.0 Å². The molecular weight excluding hydrogens is 346 g/mol. The Hall–Kier alpha value is -2.78. The van der Waals surface area contributed by atoms with Crippen LogP contribution in [0.1, 0.15) is 21.5 Å². The van der Waals surface area contributed by atoms with Crippen molar-refractivity contribution in [2.45, 2.75) is 12.3 Å². The van der Waals surface area contributed by atoms with Crippen molar-refractivity contribution in [3.8, 4) is 0 Å². The number of nitrogens with one attached hydrogen (secondary N) is 2. The summed E-state index contributed by atoms with van der Waals surface area (Å²) in [6.45, 7) is 0.223. The molecule has 0 aliphatic rings. The van der Waals surface area contributed by atoms with E-state index in [0.29, 0.717) is 5.56 Å². The summed E-state index contributed by atoms with van der Waals surface area (Å²) in [4.78, 5) is 22.2. The first kappa shape index (κ1) is 18.6. The van der Waals surface area contributed by atoms with Crippen LogP contribution in [-0.2, 0) is 22.3 Å². The zero-order chi connectivity index (χ0) is 18.4. The van der Waals surface area contributed by atoms with Gasteiger partial charge in [-0.2, -0.15) is 0 Å². The molecule has 0 aliphatic carbocycles. The van der Waals surface area contributed by atoms with Gasteiger partial charge >= 0.3 is 0 Å². The van der Waals surface area contributed by atoms with Crippen molar-refractivity contribution in [3.05, 3.63) is 75.3 Å². The van der Waals surface area contributed by atoms with Gasteiger partial charge < -0.3 is 5.32 Å². The maximum atomic E-state index is 12.1. The molecule has 2 aromatic carbocycles. The lowest BCUT2D eigenvalue weighted by molar-refractivity contribution is -0.384. The second kappa shape index (κ2) is 7.86. The van der Waals surface area contributed by atoms with Crippen LogP contribution in [0.2, 0.25) is 0 Å². The van der Waals surface area contributed by atoms with Gasteiger partial charge in [-0.05, 0) is 24.2 Å². The summed E-state index contributed by atoms with van der Waals surface area (Å²) >= 11 is 0. The SMILES string of the molecule is CNS(=O)(=O)Cc1ccc(CNC(=O)c2cccc([N+](=O)[O-])c2)cc1. The molecular formula is C16H17N3O5S. The number of benzene rings is 2. The molecule has 2 N–H and O–H groups in total. The van der Waals surface area contributed by atoms with Crippen LogP contribution in [0, 0.1) is 10.1 Å². The van der Waals surface area contributed by atoms with E-state index < -0.39 is 20.9 Å². The smallest absolute Gasteiger partial charge is 0.270 e. The minimum absolute atomic E-state index is 0.121. The Kier molecular flexibility index (Phi) is 5.84. The molecule has 8 nitrogen and oxygen atoms in total. The molecule has 0 atom stereocenters. The minimum Gasteiger partial charge on any atom is -0.348 e. The zero-order valence-electron chi connectivity index (χ0n) is 13.4. The fourth-order valence-electron chi connectivity index (χ4n) is 2.09. The topological polar surface area (TPSA) is 118 Å². The van der Waals surface area contributed by atoms with Crippen molar-refractivity contribution in [2.75, 3.05) is 7.05 Å². The molecule has 9 heteroatoms. The van der Waals surface area contributed by atoms with E-state index in [2.05, 4.69) is 10.0 Å². The number of nitro groups is 1. The third-order valence-electron chi connectivity index (χ3n) is 3.46. The van der Waals surface area contributed by atoms with Gasteiger partial charge in [-0.25, -0.2) is 13.1 Å². The van der Waals surface area contributed by atoms with Gasteiger partial charge in [0.2, 0.25) is 10.0 Å². The number of nitrogens with zero attached hydrogens (tertiary/aromatic N) is 1. The second-order valence-electron chi connectivity index (χ2n) is 5.27. The van der Waals surface area contributed by atoms with E-state index in [1.54, 1.807) is 24.3 Å². The summed E-state index contributed by atoms with van der Waals surface area (Å²) < 4.78 is 25.2. The summed E-state index contributed by atoms with van der Waals surface area (Å²) in [7, 11) is -1.98. The Labute approximate surface area is 145 Å². The number of rotatable bonds is 7. The van der Waals surface area contributed by atoms with Crippen molar-refractivity contribution >= 4 is 21.6 Å². The van der Waals surface area contributed by atoms with Gasteiger partial charge in [0.15, 0.2) is 0 Å². The average molecular weight is 363 g/mol. The van der Waals surface area contributed by atoms with Crippen LogP contribution in [0.15, 0.2) is 48.5 Å². The zero-order valence-corrected chi connectivity index (χ0v) is 14.2. The van der Waals surface area contributed by atoms with Crippen molar-refractivity contribution in [3.63, 3.8) is 0 Å². The molecule has 0 aromatic heterocycles. The Morgan fingerprint density at radius 3 is 2.36 bits per heavy atom. The number of nitro benzene ring substituents is 1. The van der Waals surface area contributed by atoms with Gasteiger partial charge in [-0.1, -0.05) is 30.3 Å². The Balaban J connectivity index is 1.98. The largest absolute Gasteiger partial charge is 0.348 e. The first-order valence-electron chi connectivity index (χ1n) is 7.32. The van der Waals surface area contributed by atoms with E-state index in [1.807, 2.05) is 0 Å². The lowest BCUT2D eigenvalue weighted by Gasteiger charge is -2.07. The Morgan fingerprint density at radius 2 is 1.76 bits per heavy atom. The summed E-state index contributed by atoms with van der Waals surface area (Å²) in [5, 5.41) is 13.4. The number of carbonyl (C=O) groups is 1. The van der Waals surface area contributed by atoms with Crippen molar-refractivity contribution < 1.29 is 18.1 Å². The molecule has 0 fully saturated rings. The molecule has 0 bridgehead atoms. The molecule has 0 spiro atoms. The molecule has 0 saturated carbocycles. The molecule has 0 aliphatic heterocycles. The average Bonchev–Trinajstić information content (AvgIpc) is 2.60. The summed E-state index contributed by atoms with van der Waals surface area (Å²) in [5.74, 6) is -0.547. The molecule has 0 unspecified atom stereocenters. The highest BCUT2D eigenvalue weighted by molar-refractivity contribution is 7.88. The maximum Gasteiger partial charge on any atom is 0.270 e. The summed E-state index contributed by atoms with van der Waals surface area (Å²) in [6, 6.07) is 12.2. The highest BCUT2D eigenvalue weighted by Crippen LogP contribution is 2.13.